The van der Waals surface area contributed by atoms with Gasteiger partial charge in [0, 0.05) is 12.6 Å². The highest BCUT2D eigenvalue weighted by Crippen LogP contribution is 2.26. The summed E-state index contributed by atoms with van der Waals surface area (Å²) in [5.74, 6) is 0. The van der Waals surface area contributed by atoms with E-state index in [0.29, 0.717) is 13.0 Å². The molecule has 0 aliphatic carbocycles. The third-order valence-electron chi connectivity index (χ3n) is 3.82. The zero-order valence-corrected chi connectivity index (χ0v) is 14.3. The largest absolute Gasteiger partial charge is 0.303 e. The van der Waals surface area contributed by atoms with Crippen LogP contribution in [0.2, 0.25) is 5.02 Å². The van der Waals surface area contributed by atoms with E-state index in [0.717, 1.165) is 25.7 Å². The molecule has 0 spiro atoms. The molecule has 0 unspecified atom stereocenters. The highest BCUT2D eigenvalue weighted by molar-refractivity contribution is 7.89. The monoisotopic (exact) mass is 361 g/mol. The predicted octanol–water partition coefficient (Wildman–Crippen LogP) is 2.40. The third-order valence-corrected chi connectivity index (χ3v) is 5.59. The molecule has 0 radical (unpaired) electrons. The number of nitro groups is 1. The van der Waals surface area contributed by atoms with Crippen LogP contribution >= 0.6 is 11.6 Å². The van der Waals surface area contributed by atoms with Gasteiger partial charge in [0.1, 0.15) is 5.02 Å². The molecule has 0 bridgehead atoms. The lowest BCUT2D eigenvalue weighted by Crippen LogP contribution is -2.33. The van der Waals surface area contributed by atoms with E-state index in [1.165, 1.54) is 31.4 Å². The fourth-order valence-electron chi connectivity index (χ4n) is 2.58. The maximum absolute atomic E-state index is 12.2. The molecule has 128 valence electrons. The molecule has 0 aromatic heterocycles. The quantitative estimate of drug-likeness (QED) is 0.457. The molecule has 0 atom stereocenters. The minimum Gasteiger partial charge on any atom is -0.303 e. The van der Waals surface area contributed by atoms with E-state index in [1.807, 2.05) is 0 Å². The van der Waals surface area contributed by atoms with Gasteiger partial charge in [-0.15, -0.1) is 0 Å². The Bertz CT molecular complexity index is 660. The van der Waals surface area contributed by atoms with E-state index in [-0.39, 0.29) is 9.92 Å². The van der Waals surface area contributed by atoms with Crippen LogP contribution in [0.25, 0.3) is 0 Å². The number of nitrogens with zero attached hydrogens (tertiary/aromatic N) is 2. The zero-order valence-electron chi connectivity index (χ0n) is 12.7. The lowest BCUT2D eigenvalue weighted by Gasteiger charge is -2.26. The summed E-state index contributed by atoms with van der Waals surface area (Å²) in [6.45, 7) is 3.28. The summed E-state index contributed by atoms with van der Waals surface area (Å²) < 4.78 is 26.8. The number of halogens is 1. The molecule has 1 heterocycles. The lowest BCUT2D eigenvalue weighted by molar-refractivity contribution is -0.384. The number of nitrogens with one attached hydrogen (secondary N) is 1. The Labute approximate surface area is 140 Å². The van der Waals surface area contributed by atoms with Gasteiger partial charge in [0.2, 0.25) is 10.0 Å². The summed E-state index contributed by atoms with van der Waals surface area (Å²) in [4.78, 5) is 12.3. The van der Waals surface area contributed by atoms with E-state index in [4.69, 9.17) is 11.6 Å². The Balaban J connectivity index is 1.91. The van der Waals surface area contributed by atoms with Crippen molar-refractivity contribution >= 4 is 27.3 Å². The first kappa shape index (κ1) is 18.1. The van der Waals surface area contributed by atoms with Crippen molar-refractivity contribution in [1.29, 1.82) is 0 Å². The molecule has 9 heteroatoms. The van der Waals surface area contributed by atoms with Crippen LogP contribution in [-0.4, -0.2) is 44.4 Å². The molecular formula is C14H20ClN3O4S. The highest BCUT2D eigenvalue weighted by atomic mass is 35.5. The van der Waals surface area contributed by atoms with Crippen LogP contribution < -0.4 is 4.72 Å². The number of piperidine rings is 1. The van der Waals surface area contributed by atoms with Crippen LogP contribution in [-0.2, 0) is 10.0 Å². The predicted molar refractivity (Wildman–Crippen MR) is 88.2 cm³/mol. The Hall–Kier alpha value is -1.22. The fraction of sp³-hybridized carbons (Fsp3) is 0.571. The van der Waals surface area contributed by atoms with Crippen LogP contribution in [0.15, 0.2) is 23.1 Å². The average molecular weight is 362 g/mol. The summed E-state index contributed by atoms with van der Waals surface area (Å²) in [6, 6.07) is 3.47. The van der Waals surface area contributed by atoms with Gasteiger partial charge in [0.25, 0.3) is 5.69 Å². The summed E-state index contributed by atoms with van der Waals surface area (Å²) in [5, 5.41) is 10.8. The molecule has 0 amide bonds. The first-order valence-corrected chi connectivity index (χ1v) is 9.42. The van der Waals surface area contributed by atoms with Crippen molar-refractivity contribution in [1.82, 2.24) is 9.62 Å². The van der Waals surface area contributed by atoms with Gasteiger partial charge in [-0.2, -0.15) is 0 Å². The fourth-order valence-corrected chi connectivity index (χ4v) is 3.86. The van der Waals surface area contributed by atoms with Gasteiger partial charge >= 0.3 is 0 Å². The SMILES string of the molecule is O=[N+]([O-])c1cc(S(=O)(=O)NCCCN2CCCCC2)ccc1Cl. The molecule has 1 saturated heterocycles. The number of sulfonamides is 1. The Morgan fingerprint density at radius 1 is 1.26 bits per heavy atom. The van der Waals surface area contributed by atoms with Gasteiger partial charge in [-0.05, 0) is 51.0 Å². The number of rotatable bonds is 7. The molecule has 2 rings (SSSR count). The van der Waals surface area contributed by atoms with Gasteiger partial charge in [0.05, 0.1) is 9.82 Å². The van der Waals surface area contributed by atoms with Crippen molar-refractivity contribution in [3.8, 4) is 0 Å². The van der Waals surface area contributed by atoms with Crippen molar-refractivity contribution in [3.63, 3.8) is 0 Å². The second-order valence-corrected chi connectivity index (χ2v) is 7.70. The number of hydrogen-bond donors (Lipinski definition) is 1. The lowest BCUT2D eigenvalue weighted by atomic mass is 10.1. The van der Waals surface area contributed by atoms with Crippen LogP contribution in [0, 0.1) is 10.1 Å². The molecule has 1 aromatic carbocycles. The van der Waals surface area contributed by atoms with Gasteiger partial charge < -0.3 is 4.90 Å². The van der Waals surface area contributed by atoms with Crippen molar-refractivity contribution in [3.05, 3.63) is 33.3 Å². The molecule has 1 N–H and O–H groups in total. The zero-order chi connectivity index (χ0) is 16.9. The summed E-state index contributed by atoms with van der Waals surface area (Å²) in [7, 11) is -3.77. The molecule has 1 aromatic rings. The van der Waals surface area contributed by atoms with Crippen molar-refractivity contribution < 1.29 is 13.3 Å². The Morgan fingerprint density at radius 2 is 1.96 bits per heavy atom. The maximum atomic E-state index is 12.2. The van der Waals surface area contributed by atoms with E-state index in [2.05, 4.69) is 9.62 Å². The summed E-state index contributed by atoms with van der Waals surface area (Å²) in [5.41, 5.74) is -0.414. The topological polar surface area (TPSA) is 92.5 Å². The number of likely N-dealkylation sites (tertiary alicyclic amines) is 1. The van der Waals surface area contributed by atoms with Crippen LogP contribution in [0.4, 0.5) is 5.69 Å². The summed E-state index contributed by atoms with van der Waals surface area (Å²) in [6.07, 6.45) is 4.35. The molecule has 0 saturated carbocycles. The number of hydrogen-bond acceptors (Lipinski definition) is 5. The van der Waals surface area contributed by atoms with Crippen LogP contribution in [0.5, 0.6) is 0 Å². The maximum Gasteiger partial charge on any atom is 0.289 e. The minimum atomic E-state index is -3.77. The molecular weight excluding hydrogens is 342 g/mol. The Morgan fingerprint density at radius 3 is 2.61 bits per heavy atom. The Kier molecular flexibility index (Phi) is 6.34. The van der Waals surface area contributed by atoms with Gasteiger partial charge in [-0.3, -0.25) is 10.1 Å². The second-order valence-electron chi connectivity index (χ2n) is 5.52. The molecule has 1 fully saturated rings. The van der Waals surface area contributed by atoms with Gasteiger partial charge in [0.15, 0.2) is 0 Å². The average Bonchev–Trinajstić information content (AvgIpc) is 2.52. The van der Waals surface area contributed by atoms with Gasteiger partial charge in [-0.1, -0.05) is 18.0 Å². The first-order valence-electron chi connectivity index (χ1n) is 7.56. The normalized spacial score (nSPS) is 16.4. The molecule has 7 nitrogen and oxygen atoms in total. The molecule has 23 heavy (non-hydrogen) atoms. The van der Waals surface area contributed by atoms with E-state index in [9.17, 15) is 18.5 Å². The summed E-state index contributed by atoms with van der Waals surface area (Å²) >= 11 is 5.69. The van der Waals surface area contributed by atoms with E-state index in [1.54, 1.807) is 0 Å². The van der Waals surface area contributed by atoms with Crippen LogP contribution in [0.1, 0.15) is 25.7 Å². The first-order chi connectivity index (χ1) is 10.9. The third kappa shape index (κ3) is 5.13. The van der Waals surface area contributed by atoms with Gasteiger partial charge in [-0.25, -0.2) is 13.1 Å². The smallest absolute Gasteiger partial charge is 0.289 e. The molecule has 1 aliphatic rings. The van der Waals surface area contributed by atoms with Crippen LogP contribution in [0.3, 0.4) is 0 Å². The number of nitro benzene ring substituents is 1. The van der Waals surface area contributed by atoms with Crippen molar-refractivity contribution in [2.75, 3.05) is 26.2 Å². The standard InChI is InChI=1S/C14H20ClN3O4S/c15-13-6-5-12(11-14(13)18(19)20)23(21,22)16-7-4-10-17-8-2-1-3-9-17/h5-6,11,16H,1-4,7-10H2. The van der Waals surface area contributed by atoms with E-state index < -0.39 is 20.6 Å². The molecule has 1 aliphatic heterocycles. The number of benzene rings is 1. The highest BCUT2D eigenvalue weighted by Gasteiger charge is 2.20. The minimum absolute atomic E-state index is 0.0842. The second kappa shape index (κ2) is 8.05. The van der Waals surface area contributed by atoms with Crippen molar-refractivity contribution in [2.24, 2.45) is 0 Å². The van der Waals surface area contributed by atoms with E-state index >= 15 is 0 Å². The van der Waals surface area contributed by atoms with Crippen molar-refractivity contribution in [2.45, 2.75) is 30.6 Å².